The third-order valence-electron chi connectivity index (χ3n) is 5.43. The summed E-state index contributed by atoms with van der Waals surface area (Å²) in [5, 5.41) is 7.53. The van der Waals surface area contributed by atoms with Crippen molar-refractivity contribution in [3.8, 4) is 11.1 Å². The number of thiazole rings is 1. The quantitative estimate of drug-likeness (QED) is 0.420. The molecular weight excluding hydrogens is 426 g/mol. The normalized spacial score (nSPS) is 14.5. The van der Waals surface area contributed by atoms with E-state index in [2.05, 4.69) is 40.3 Å². The standard InChI is InChI=1S/C23H21N5OS2/c1-15-21(31-24)30-22(26-15)28-14-4-13-27(23(28)29)18-10-8-16(9-11-18)19-7-2-5-17-6-3-12-25-20(17)19/h2-3,5-12H,4,13-14,24H2,1H3. The van der Waals surface area contributed by atoms with E-state index >= 15 is 0 Å². The number of aryl methyl sites for hydroxylation is 1. The van der Waals surface area contributed by atoms with Crippen LogP contribution >= 0.6 is 23.3 Å². The molecule has 1 aliphatic rings. The summed E-state index contributed by atoms with van der Waals surface area (Å²) in [4.78, 5) is 25.9. The Morgan fingerprint density at radius 2 is 1.81 bits per heavy atom. The van der Waals surface area contributed by atoms with Gasteiger partial charge in [-0.2, -0.15) is 0 Å². The van der Waals surface area contributed by atoms with Crippen LogP contribution in [0.25, 0.3) is 22.0 Å². The average molecular weight is 448 g/mol. The van der Waals surface area contributed by atoms with E-state index in [1.807, 2.05) is 42.3 Å². The van der Waals surface area contributed by atoms with E-state index < -0.39 is 0 Å². The molecule has 0 saturated carbocycles. The molecule has 1 fully saturated rings. The summed E-state index contributed by atoms with van der Waals surface area (Å²) in [6, 6.07) is 18.3. The predicted molar refractivity (Wildman–Crippen MR) is 129 cm³/mol. The van der Waals surface area contributed by atoms with Crippen LogP contribution in [0.4, 0.5) is 15.6 Å². The van der Waals surface area contributed by atoms with Crippen molar-refractivity contribution in [3.05, 3.63) is 66.5 Å². The number of nitrogens with two attached hydrogens (primary N) is 1. The van der Waals surface area contributed by atoms with Gasteiger partial charge >= 0.3 is 6.03 Å². The molecule has 156 valence electrons. The van der Waals surface area contributed by atoms with Crippen molar-refractivity contribution in [2.24, 2.45) is 5.14 Å². The van der Waals surface area contributed by atoms with E-state index in [1.165, 1.54) is 23.3 Å². The summed E-state index contributed by atoms with van der Waals surface area (Å²) in [7, 11) is 0. The molecule has 0 spiro atoms. The zero-order valence-electron chi connectivity index (χ0n) is 17.0. The molecule has 2 aromatic carbocycles. The summed E-state index contributed by atoms with van der Waals surface area (Å²) >= 11 is 2.64. The number of pyridine rings is 1. The van der Waals surface area contributed by atoms with Gasteiger partial charge in [0.15, 0.2) is 5.13 Å². The molecule has 1 saturated heterocycles. The fraction of sp³-hybridized carbons (Fsp3) is 0.174. The van der Waals surface area contributed by atoms with E-state index in [0.29, 0.717) is 18.2 Å². The smallest absolute Gasteiger partial charge is 0.294 e. The van der Waals surface area contributed by atoms with Crippen LogP contribution in [0.15, 0.2) is 65.0 Å². The lowest BCUT2D eigenvalue weighted by Crippen LogP contribution is -2.49. The lowest BCUT2D eigenvalue weighted by Gasteiger charge is -2.34. The number of carbonyl (C=O) groups excluding carboxylic acids is 1. The minimum absolute atomic E-state index is 0.0480. The van der Waals surface area contributed by atoms with Crippen LogP contribution < -0.4 is 14.9 Å². The van der Waals surface area contributed by atoms with Gasteiger partial charge in [0.05, 0.1) is 15.4 Å². The number of rotatable bonds is 4. The molecule has 1 aliphatic heterocycles. The first-order valence-corrected chi connectivity index (χ1v) is 11.7. The lowest BCUT2D eigenvalue weighted by atomic mass is 10.0. The van der Waals surface area contributed by atoms with Crippen LogP contribution in [0.5, 0.6) is 0 Å². The summed E-state index contributed by atoms with van der Waals surface area (Å²) in [5.41, 5.74) is 4.89. The maximum absolute atomic E-state index is 13.2. The van der Waals surface area contributed by atoms with Gasteiger partial charge in [-0.15, -0.1) is 0 Å². The summed E-state index contributed by atoms with van der Waals surface area (Å²) < 4.78 is 0.938. The minimum Gasteiger partial charge on any atom is -0.294 e. The summed E-state index contributed by atoms with van der Waals surface area (Å²) in [6.07, 6.45) is 2.70. The number of fused-ring (bicyclic) bond motifs is 1. The van der Waals surface area contributed by atoms with E-state index in [0.717, 1.165) is 44.0 Å². The highest BCUT2D eigenvalue weighted by Crippen LogP contribution is 2.34. The molecule has 0 radical (unpaired) electrons. The highest BCUT2D eigenvalue weighted by Gasteiger charge is 2.30. The second kappa shape index (κ2) is 8.30. The number of urea groups is 1. The third-order valence-corrected chi connectivity index (χ3v) is 7.45. The van der Waals surface area contributed by atoms with Crippen molar-refractivity contribution >= 4 is 51.0 Å². The lowest BCUT2D eigenvalue weighted by molar-refractivity contribution is 0.248. The Bertz CT molecular complexity index is 1250. The molecule has 2 amide bonds. The first-order chi connectivity index (χ1) is 15.2. The van der Waals surface area contributed by atoms with Crippen LogP contribution in [0.3, 0.4) is 0 Å². The Kier molecular flexibility index (Phi) is 5.35. The molecule has 8 heteroatoms. The van der Waals surface area contributed by atoms with Gasteiger partial charge < -0.3 is 0 Å². The number of carbonyl (C=O) groups is 1. The highest BCUT2D eigenvalue weighted by atomic mass is 32.2. The van der Waals surface area contributed by atoms with Crippen molar-refractivity contribution < 1.29 is 4.79 Å². The van der Waals surface area contributed by atoms with E-state index in [-0.39, 0.29) is 6.03 Å². The number of benzene rings is 2. The van der Waals surface area contributed by atoms with Gasteiger partial charge in [-0.25, -0.2) is 9.78 Å². The van der Waals surface area contributed by atoms with Crippen molar-refractivity contribution in [2.75, 3.05) is 22.9 Å². The molecular formula is C23H21N5OS2. The Hall–Kier alpha value is -2.94. The maximum Gasteiger partial charge on any atom is 0.330 e. The second-order valence-electron chi connectivity index (χ2n) is 7.35. The predicted octanol–water partition coefficient (Wildman–Crippen LogP) is 5.47. The largest absolute Gasteiger partial charge is 0.330 e. The molecule has 0 bridgehead atoms. The molecule has 2 N–H and O–H groups in total. The number of aromatic nitrogens is 2. The first-order valence-electron chi connectivity index (χ1n) is 10.0. The number of hydrogen-bond acceptors (Lipinski definition) is 6. The Morgan fingerprint density at radius 3 is 2.58 bits per heavy atom. The summed E-state index contributed by atoms with van der Waals surface area (Å²) in [5.74, 6) is 0. The van der Waals surface area contributed by atoms with Gasteiger partial charge in [0.2, 0.25) is 0 Å². The first kappa shape index (κ1) is 20.0. The zero-order valence-corrected chi connectivity index (χ0v) is 18.6. The molecule has 6 nitrogen and oxygen atoms in total. The fourth-order valence-electron chi connectivity index (χ4n) is 3.89. The molecule has 31 heavy (non-hydrogen) atoms. The van der Waals surface area contributed by atoms with Crippen molar-refractivity contribution in [1.29, 1.82) is 0 Å². The molecule has 0 unspecified atom stereocenters. The van der Waals surface area contributed by atoms with Gasteiger partial charge in [-0.05, 0) is 49.1 Å². The Balaban J connectivity index is 1.43. The molecule has 0 atom stereocenters. The maximum atomic E-state index is 13.2. The number of amides is 2. The molecule has 2 aromatic heterocycles. The summed E-state index contributed by atoms with van der Waals surface area (Å²) in [6.45, 7) is 3.27. The third kappa shape index (κ3) is 3.67. The molecule has 4 aromatic rings. The van der Waals surface area contributed by atoms with Gasteiger partial charge in [-0.1, -0.05) is 47.7 Å². The molecule has 5 rings (SSSR count). The van der Waals surface area contributed by atoms with Crippen LogP contribution in [-0.2, 0) is 0 Å². The second-order valence-corrected chi connectivity index (χ2v) is 9.23. The Labute approximate surface area is 188 Å². The number of anilines is 2. The fourth-order valence-corrected chi connectivity index (χ4v) is 5.35. The van der Waals surface area contributed by atoms with E-state index in [1.54, 1.807) is 4.90 Å². The highest BCUT2D eigenvalue weighted by molar-refractivity contribution is 7.99. The number of para-hydroxylation sites is 1. The van der Waals surface area contributed by atoms with Gasteiger partial charge in [0, 0.05) is 35.9 Å². The van der Waals surface area contributed by atoms with Crippen molar-refractivity contribution in [2.45, 2.75) is 17.6 Å². The van der Waals surface area contributed by atoms with Crippen molar-refractivity contribution in [3.63, 3.8) is 0 Å². The van der Waals surface area contributed by atoms with Crippen LogP contribution in [0.2, 0.25) is 0 Å². The number of nitrogens with zero attached hydrogens (tertiary/aromatic N) is 4. The topological polar surface area (TPSA) is 75.4 Å². The van der Waals surface area contributed by atoms with E-state index in [9.17, 15) is 4.79 Å². The average Bonchev–Trinajstić information content (AvgIpc) is 3.19. The zero-order chi connectivity index (χ0) is 21.4. The SMILES string of the molecule is Cc1nc(N2CCCN(c3ccc(-c4cccc5cccnc45)cc3)C2=O)sc1SN. The molecule has 0 aliphatic carbocycles. The van der Waals surface area contributed by atoms with Gasteiger partial charge in [-0.3, -0.25) is 19.9 Å². The minimum atomic E-state index is -0.0480. The van der Waals surface area contributed by atoms with Crippen LogP contribution in [0, 0.1) is 6.92 Å². The van der Waals surface area contributed by atoms with Crippen molar-refractivity contribution in [1.82, 2.24) is 9.97 Å². The van der Waals surface area contributed by atoms with Gasteiger partial charge in [0.1, 0.15) is 0 Å². The van der Waals surface area contributed by atoms with E-state index in [4.69, 9.17) is 5.14 Å². The van der Waals surface area contributed by atoms with Gasteiger partial charge in [0.25, 0.3) is 0 Å². The number of hydrogen-bond donors (Lipinski definition) is 1. The monoisotopic (exact) mass is 447 g/mol. The van der Waals surface area contributed by atoms with Crippen LogP contribution in [0.1, 0.15) is 12.1 Å². The van der Waals surface area contributed by atoms with Crippen LogP contribution in [-0.4, -0.2) is 29.1 Å². The Morgan fingerprint density at radius 1 is 1.03 bits per heavy atom. The molecule has 3 heterocycles.